The molecule has 0 unspecified atom stereocenters. The minimum Gasteiger partial charge on any atom is -0.477 e. The highest BCUT2D eigenvalue weighted by Crippen LogP contribution is 2.43. The van der Waals surface area contributed by atoms with Crippen molar-refractivity contribution < 1.29 is 57.3 Å². The van der Waals surface area contributed by atoms with Gasteiger partial charge in [0.1, 0.15) is 22.8 Å². The number of rotatable bonds is 7. The quantitative estimate of drug-likeness (QED) is 0.0726. The van der Waals surface area contributed by atoms with E-state index >= 15 is 0 Å². The molecule has 1 aromatic heterocycles. The van der Waals surface area contributed by atoms with Crippen molar-refractivity contribution in [3.8, 4) is 0 Å². The topological polar surface area (TPSA) is 222 Å². The SMILES string of the molecule is COC(=O)/C=C\SC1=C(C(=O)O)N2C(=O)[C@@H](NC(=O)/C(=N/O)c3csc(N)n3)[C@H]2SC1.O=C(O)C(F)(F)F. The second-order valence-corrected chi connectivity index (χ2v) is 9.70. The number of carboxylic acids is 2. The number of thiazole rings is 1. The Hall–Kier alpha value is -3.78. The molecule has 0 saturated carbocycles. The van der Waals surface area contributed by atoms with Crippen molar-refractivity contribution in [3.63, 3.8) is 0 Å². The zero-order valence-corrected chi connectivity index (χ0v) is 21.1. The number of carbonyl (C=O) groups excluding carboxylic acids is 3. The minimum atomic E-state index is -5.08. The molecule has 1 saturated heterocycles. The number of aromatic nitrogens is 1. The average molecular weight is 600 g/mol. The number of oxime groups is 1. The summed E-state index contributed by atoms with van der Waals surface area (Å²) in [6, 6.07) is -1.02. The molecule has 6 N–H and O–H groups in total. The Labute approximate surface area is 222 Å². The molecular formula is C18H16F3N5O9S3. The third-order valence-electron chi connectivity index (χ3n) is 4.36. The van der Waals surface area contributed by atoms with E-state index in [9.17, 15) is 42.7 Å². The van der Waals surface area contributed by atoms with Crippen LogP contribution in [-0.2, 0) is 28.7 Å². The molecule has 14 nitrogen and oxygen atoms in total. The molecule has 2 amide bonds. The van der Waals surface area contributed by atoms with Crippen LogP contribution in [0.4, 0.5) is 18.3 Å². The van der Waals surface area contributed by atoms with Gasteiger partial charge >= 0.3 is 24.1 Å². The fourth-order valence-electron chi connectivity index (χ4n) is 2.74. The maximum atomic E-state index is 12.6. The van der Waals surface area contributed by atoms with Crippen molar-refractivity contribution in [3.05, 3.63) is 33.2 Å². The second-order valence-electron chi connectivity index (χ2n) is 6.70. The Kier molecular flexibility index (Phi) is 10.1. The molecule has 3 rings (SSSR count). The van der Waals surface area contributed by atoms with Crippen LogP contribution < -0.4 is 11.1 Å². The number of fused-ring (bicyclic) bond motifs is 1. The van der Waals surface area contributed by atoms with Crippen molar-refractivity contribution in [2.45, 2.75) is 17.6 Å². The van der Waals surface area contributed by atoms with E-state index in [0.29, 0.717) is 4.91 Å². The molecular weight excluding hydrogens is 583 g/mol. The number of amides is 2. The normalized spacial score (nSPS) is 19.2. The summed E-state index contributed by atoms with van der Waals surface area (Å²) in [6.07, 6.45) is -3.95. The lowest BCUT2D eigenvalue weighted by Gasteiger charge is -2.49. The molecule has 0 aliphatic carbocycles. The van der Waals surface area contributed by atoms with Gasteiger partial charge in [0.25, 0.3) is 11.8 Å². The van der Waals surface area contributed by atoms with Crippen LogP contribution in [0.25, 0.3) is 0 Å². The third kappa shape index (κ3) is 7.16. The summed E-state index contributed by atoms with van der Waals surface area (Å²) in [4.78, 5) is 62.3. The highest BCUT2D eigenvalue weighted by molar-refractivity contribution is 8.08. The van der Waals surface area contributed by atoms with Crippen LogP contribution in [0.1, 0.15) is 5.69 Å². The summed E-state index contributed by atoms with van der Waals surface area (Å²) in [5.74, 6) is -5.92. The van der Waals surface area contributed by atoms with E-state index in [-0.39, 0.29) is 22.3 Å². The lowest BCUT2D eigenvalue weighted by Crippen LogP contribution is -2.71. The number of aliphatic carboxylic acids is 2. The summed E-state index contributed by atoms with van der Waals surface area (Å²) in [5, 5.41) is 33.6. The third-order valence-corrected chi connectivity index (χ3v) is 7.39. The monoisotopic (exact) mass is 599 g/mol. The number of ether oxygens (including phenoxy) is 1. The van der Waals surface area contributed by atoms with Crippen LogP contribution in [0.2, 0.25) is 0 Å². The number of carbonyl (C=O) groups is 5. The number of esters is 1. The van der Waals surface area contributed by atoms with E-state index in [4.69, 9.17) is 15.6 Å². The maximum Gasteiger partial charge on any atom is 0.490 e. The highest BCUT2D eigenvalue weighted by Gasteiger charge is 2.54. The van der Waals surface area contributed by atoms with Crippen LogP contribution >= 0.6 is 34.9 Å². The van der Waals surface area contributed by atoms with E-state index in [0.717, 1.165) is 34.1 Å². The number of anilines is 1. The first kappa shape index (κ1) is 30.4. The van der Waals surface area contributed by atoms with Gasteiger partial charge in [-0.05, 0) is 5.41 Å². The number of nitrogens with one attached hydrogen (secondary N) is 1. The van der Waals surface area contributed by atoms with Gasteiger partial charge in [-0.2, -0.15) is 13.2 Å². The van der Waals surface area contributed by atoms with Crippen LogP contribution in [0.15, 0.2) is 32.6 Å². The average Bonchev–Trinajstić information content (AvgIpc) is 3.27. The zero-order chi connectivity index (χ0) is 28.8. The molecule has 2 aliphatic heterocycles. The van der Waals surface area contributed by atoms with Crippen LogP contribution in [0, 0.1) is 0 Å². The number of hydrogen-bond donors (Lipinski definition) is 5. The summed E-state index contributed by atoms with van der Waals surface area (Å²) >= 11 is 3.27. The number of thioether (sulfide) groups is 2. The van der Waals surface area contributed by atoms with E-state index in [1.54, 1.807) is 0 Å². The highest BCUT2D eigenvalue weighted by atomic mass is 32.2. The molecule has 2 atom stereocenters. The molecule has 1 aromatic rings. The first-order valence-corrected chi connectivity index (χ1v) is 12.4. The predicted molar refractivity (Wildman–Crippen MR) is 127 cm³/mol. The zero-order valence-electron chi connectivity index (χ0n) is 18.7. The fourth-order valence-corrected chi connectivity index (χ4v) is 5.60. The standard InChI is InChI=1S/C16H15N5O7S3.C2HF3O2/c1-28-8(22)2-3-29-7-5-30-14-10(13(24)21(14)11(7)15(25)26)19-12(23)9(20-27)6-4-31-16(17)18-6;3-2(4,5)1(6)7/h2-4,10,14,27H,5H2,1H3,(H2,17,18)(H,19,23)(H,25,26);(H,6,7)/b3-2-,20-9+;/t10-,14-;/m1./s1. The number of halogens is 3. The van der Waals surface area contributed by atoms with Gasteiger partial charge in [-0.15, -0.1) is 23.1 Å². The van der Waals surface area contributed by atoms with Gasteiger partial charge in [-0.1, -0.05) is 16.9 Å². The van der Waals surface area contributed by atoms with Crippen molar-refractivity contribution in [1.82, 2.24) is 15.2 Å². The molecule has 0 bridgehead atoms. The second kappa shape index (κ2) is 12.6. The largest absolute Gasteiger partial charge is 0.490 e. The van der Waals surface area contributed by atoms with Gasteiger partial charge in [0.05, 0.1) is 7.11 Å². The van der Waals surface area contributed by atoms with Crippen LogP contribution in [0.3, 0.4) is 0 Å². The van der Waals surface area contributed by atoms with Crippen molar-refractivity contribution in [2.75, 3.05) is 18.6 Å². The number of β-lactam (4-membered cyclic amide) rings is 1. The number of alkyl halides is 3. The molecule has 3 heterocycles. The van der Waals surface area contributed by atoms with E-state index < -0.39 is 53.0 Å². The van der Waals surface area contributed by atoms with Gasteiger partial charge < -0.3 is 31.2 Å². The van der Waals surface area contributed by atoms with Gasteiger partial charge in [0.15, 0.2) is 10.8 Å². The Bertz CT molecular complexity index is 1230. The molecule has 2 aliphatic rings. The maximum absolute atomic E-state index is 12.6. The smallest absolute Gasteiger partial charge is 0.477 e. The first-order valence-electron chi connectivity index (χ1n) is 9.59. The van der Waals surface area contributed by atoms with Gasteiger partial charge in [-0.25, -0.2) is 19.4 Å². The lowest BCUT2D eigenvalue weighted by molar-refractivity contribution is -0.192. The van der Waals surface area contributed by atoms with Crippen molar-refractivity contribution in [1.29, 1.82) is 0 Å². The van der Waals surface area contributed by atoms with Crippen molar-refractivity contribution >= 4 is 75.4 Å². The number of hydrogen-bond acceptors (Lipinski definition) is 13. The Morgan fingerprint density at radius 3 is 2.45 bits per heavy atom. The lowest BCUT2D eigenvalue weighted by atomic mass is 10.0. The fraction of sp³-hybridized carbons (Fsp3) is 0.278. The molecule has 0 spiro atoms. The van der Waals surface area contributed by atoms with E-state index in [1.165, 1.54) is 29.7 Å². The Morgan fingerprint density at radius 2 is 1.97 bits per heavy atom. The summed E-state index contributed by atoms with van der Waals surface area (Å²) in [5.41, 5.74) is 4.92. The molecule has 1 fully saturated rings. The predicted octanol–water partition coefficient (Wildman–Crippen LogP) is 0.653. The van der Waals surface area contributed by atoms with Crippen LogP contribution in [0.5, 0.6) is 0 Å². The van der Waals surface area contributed by atoms with Gasteiger partial charge in [0, 0.05) is 22.1 Å². The van der Waals surface area contributed by atoms with Gasteiger partial charge in [-0.3, -0.25) is 14.5 Å². The van der Waals surface area contributed by atoms with E-state index in [2.05, 4.69) is 20.2 Å². The van der Waals surface area contributed by atoms with Crippen molar-refractivity contribution in [2.24, 2.45) is 5.16 Å². The number of nitrogen functional groups attached to an aromatic ring is 1. The van der Waals surface area contributed by atoms with Crippen LogP contribution in [-0.4, -0.2) is 91.2 Å². The first-order chi connectivity index (χ1) is 17.7. The number of nitrogens with two attached hydrogens (primary N) is 1. The number of nitrogens with zero attached hydrogens (tertiary/aromatic N) is 3. The molecule has 20 heteroatoms. The van der Waals surface area contributed by atoms with Gasteiger partial charge in [0.2, 0.25) is 0 Å². The summed E-state index contributed by atoms with van der Waals surface area (Å²) < 4.78 is 36.2. The summed E-state index contributed by atoms with van der Waals surface area (Å²) in [6.45, 7) is 0. The van der Waals surface area contributed by atoms with E-state index in [1.807, 2.05) is 0 Å². The molecule has 0 radical (unpaired) electrons. The molecule has 0 aromatic carbocycles. The number of methoxy groups -OCH3 is 1. The Morgan fingerprint density at radius 1 is 1.34 bits per heavy atom. The minimum absolute atomic E-state index is 0.0460. The summed E-state index contributed by atoms with van der Waals surface area (Å²) in [7, 11) is 1.21. The molecule has 206 valence electrons. The number of carboxylic acid groups (broad SMARTS) is 2. The molecule has 38 heavy (non-hydrogen) atoms. The Balaban J connectivity index is 0.000000638.